The van der Waals surface area contributed by atoms with Crippen molar-refractivity contribution in [2.24, 2.45) is 0 Å². The molecule has 1 unspecified atom stereocenters. The van der Waals surface area contributed by atoms with E-state index in [1.54, 1.807) is 0 Å². The normalized spacial score (nSPS) is 11.4. The molecule has 2 amide bonds. The van der Waals surface area contributed by atoms with Gasteiger partial charge in [0.05, 0.1) is 30.0 Å². The molecule has 0 aromatic rings. The Kier molecular flexibility index (Phi) is 12.7. The van der Waals surface area contributed by atoms with Crippen molar-refractivity contribution in [1.29, 1.82) is 5.26 Å². The van der Waals surface area contributed by atoms with Crippen molar-refractivity contribution in [2.45, 2.75) is 12.5 Å². The zero-order valence-corrected chi connectivity index (χ0v) is 14.1. The maximum Gasteiger partial charge on any atom is 0.231 e. The largest absolute Gasteiger partial charge is 0.353 e. The Morgan fingerprint density at radius 1 is 1.16 bits per heavy atom. The molecular formula is C10H17N3O2S4. The van der Waals surface area contributed by atoms with E-state index in [-0.39, 0.29) is 30.8 Å². The number of amides is 2. The summed E-state index contributed by atoms with van der Waals surface area (Å²) in [5.74, 6) is 0.512. The second-order valence-electron chi connectivity index (χ2n) is 3.29. The third-order valence-electron chi connectivity index (χ3n) is 1.86. The topological polar surface area (TPSA) is 82.0 Å². The lowest BCUT2D eigenvalue weighted by Crippen LogP contribution is -2.44. The highest BCUT2D eigenvalue weighted by atomic mass is 33.1. The minimum absolute atomic E-state index is 0.0879. The predicted octanol–water partition coefficient (Wildman–Crippen LogP) is 1.52. The fourth-order valence-electron chi connectivity index (χ4n) is 1.07. The van der Waals surface area contributed by atoms with Crippen LogP contribution >= 0.6 is 43.2 Å². The number of carbonyl (C=O) groups excluding carboxylic acids is 2. The summed E-state index contributed by atoms with van der Waals surface area (Å²) < 4.78 is 0. The molecule has 19 heavy (non-hydrogen) atoms. The second-order valence-corrected chi connectivity index (χ2v) is 8.42. The van der Waals surface area contributed by atoms with Gasteiger partial charge in [0.25, 0.3) is 0 Å². The molecule has 1 atom stereocenters. The Morgan fingerprint density at radius 2 is 1.74 bits per heavy atom. The van der Waals surface area contributed by atoms with Gasteiger partial charge in [0, 0.05) is 6.54 Å². The summed E-state index contributed by atoms with van der Waals surface area (Å²) >= 11 is 0. The fraction of sp³-hybridized carbons (Fsp3) is 0.700. The van der Waals surface area contributed by atoms with Crippen molar-refractivity contribution in [1.82, 2.24) is 10.6 Å². The van der Waals surface area contributed by atoms with E-state index in [4.69, 9.17) is 5.26 Å². The molecule has 108 valence electrons. The van der Waals surface area contributed by atoms with Crippen LogP contribution in [-0.4, -0.2) is 48.4 Å². The van der Waals surface area contributed by atoms with E-state index in [0.717, 1.165) is 0 Å². The Morgan fingerprint density at radius 3 is 2.26 bits per heavy atom. The van der Waals surface area contributed by atoms with Crippen LogP contribution in [0.15, 0.2) is 0 Å². The summed E-state index contributed by atoms with van der Waals surface area (Å²) in [5, 5.41) is 14.2. The molecular weight excluding hydrogens is 322 g/mol. The monoisotopic (exact) mass is 339 g/mol. The first kappa shape index (κ1) is 18.8. The fourth-order valence-corrected chi connectivity index (χ4v) is 3.05. The number of nitrogens with zero attached hydrogens (tertiary/aromatic N) is 1. The molecule has 0 aliphatic heterocycles. The predicted molar refractivity (Wildman–Crippen MR) is 87.1 cm³/mol. The third-order valence-corrected chi connectivity index (χ3v) is 5.22. The number of carbonyl (C=O) groups is 2. The highest BCUT2D eigenvalue weighted by Crippen LogP contribution is 2.16. The van der Waals surface area contributed by atoms with Crippen LogP contribution in [0.25, 0.3) is 0 Å². The summed E-state index contributed by atoms with van der Waals surface area (Å²) in [5.41, 5.74) is 0. The summed E-state index contributed by atoms with van der Waals surface area (Å²) in [4.78, 5) is 22.9. The summed E-state index contributed by atoms with van der Waals surface area (Å²) in [6, 6.07) is 1.68. The van der Waals surface area contributed by atoms with Crippen LogP contribution in [0.2, 0.25) is 0 Å². The molecule has 0 radical (unpaired) electrons. The van der Waals surface area contributed by atoms with Gasteiger partial charge in [-0.05, 0) is 12.5 Å². The van der Waals surface area contributed by atoms with Crippen molar-refractivity contribution in [3.8, 4) is 6.07 Å². The van der Waals surface area contributed by atoms with Crippen molar-refractivity contribution < 1.29 is 9.59 Å². The molecule has 9 heteroatoms. The number of nitriles is 1. The van der Waals surface area contributed by atoms with Crippen LogP contribution in [0, 0.1) is 11.3 Å². The molecule has 0 spiro atoms. The van der Waals surface area contributed by atoms with Crippen molar-refractivity contribution >= 4 is 55.0 Å². The number of hydrogen-bond donors (Lipinski definition) is 2. The summed E-state index contributed by atoms with van der Waals surface area (Å²) in [7, 11) is 5.93. The third kappa shape index (κ3) is 11.4. The zero-order chi connectivity index (χ0) is 14.5. The first-order valence-corrected chi connectivity index (χ1v) is 10.8. The van der Waals surface area contributed by atoms with E-state index in [2.05, 4.69) is 10.6 Å². The maximum atomic E-state index is 11.5. The van der Waals surface area contributed by atoms with E-state index < -0.39 is 0 Å². The summed E-state index contributed by atoms with van der Waals surface area (Å²) in [6.45, 7) is 0.289. The molecule has 0 saturated heterocycles. The quantitative estimate of drug-likeness (QED) is 0.584. The molecule has 0 aromatic heterocycles. The average Bonchev–Trinajstić information content (AvgIpc) is 2.40. The van der Waals surface area contributed by atoms with Gasteiger partial charge in [-0.2, -0.15) is 5.26 Å². The lowest BCUT2D eigenvalue weighted by Gasteiger charge is -2.16. The smallest absolute Gasteiger partial charge is 0.231 e. The van der Waals surface area contributed by atoms with Gasteiger partial charge >= 0.3 is 0 Å². The van der Waals surface area contributed by atoms with Gasteiger partial charge in [0.1, 0.15) is 0 Å². The van der Waals surface area contributed by atoms with E-state index in [1.165, 1.54) is 43.2 Å². The van der Waals surface area contributed by atoms with Gasteiger partial charge in [0.2, 0.25) is 11.8 Å². The zero-order valence-electron chi connectivity index (χ0n) is 10.8. The standard InChI is InChI=1S/C10H17N3O2S4/c1-16-18-6-9(14)12-5-8(3-4-11)13-10(15)7-19-17-2/h8H,3,5-7H2,1-2H3,(H,12,14)(H,13,15). The van der Waals surface area contributed by atoms with E-state index in [9.17, 15) is 9.59 Å². The molecule has 0 aromatic carbocycles. The van der Waals surface area contributed by atoms with E-state index in [1.807, 2.05) is 18.6 Å². The molecule has 0 rings (SSSR count). The molecule has 0 heterocycles. The van der Waals surface area contributed by atoms with Gasteiger partial charge in [-0.1, -0.05) is 43.2 Å². The highest BCUT2D eigenvalue weighted by Gasteiger charge is 2.13. The van der Waals surface area contributed by atoms with Gasteiger partial charge in [-0.15, -0.1) is 0 Å². The number of hydrogen-bond acceptors (Lipinski definition) is 7. The Labute approximate surface area is 129 Å². The molecule has 5 nitrogen and oxygen atoms in total. The van der Waals surface area contributed by atoms with Gasteiger partial charge < -0.3 is 10.6 Å². The minimum Gasteiger partial charge on any atom is -0.353 e. The molecule has 0 fully saturated rings. The SMILES string of the molecule is CSSCC(=O)NCC(CC#N)NC(=O)CSSC. The average molecular weight is 340 g/mol. The van der Waals surface area contributed by atoms with Crippen LogP contribution in [0.1, 0.15) is 6.42 Å². The van der Waals surface area contributed by atoms with Crippen LogP contribution in [-0.2, 0) is 9.59 Å². The molecule has 0 aliphatic carbocycles. The van der Waals surface area contributed by atoms with Crippen LogP contribution in [0.5, 0.6) is 0 Å². The lowest BCUT2D eigenvalue weighted by molar-refractivity contribution is -0.121. The Balaban J connectivity index is 4.01. The Hall–Kier alpha value is -0.170. The first-order chi connectivity index (χ1) is 9.13. The van der Waals surface area contributed by atoms with Crippen molar-refractivity contribution in [2.75, 3.05) is 30.6 Å². The first-order valence-electron chi connectivity index (χ1n) is 5.38. The molecule has 0 bridgehead atoms. The second kappa shape index (κ2) is 12.8. The van der Waals surface area contributed by atoms with Crippen LogP contribution < -0.4 is 10.6 Å². The van der Waals surface area contributed by atoms with Crippen molar-refractivity contribution in [3.05, 3.63) is 0 Å². The maximum absolute atomic E-state index is 11.5. The number of rotatable bonds is 10. The van der Waals surface area contributed by atoms with Gasteiger partial charge in [0.15, 0.2) is 0 Å². The van der Waals surface area contributed by atoms with Crippen LogP contribution in [0.4, 0.5) is 0 Å². The Bertz CT molecular complexity index is 322. The van der Waals surface area contributed by atoms with Crippen molar-refractivity contribution in [3.63, 3.8) is 0 Å². The van der Waals surface area contributed by atoms with E-state index >= 15 is 0 Å². The number of nitrogens with one attached hydrogen (secondary N) is 2. The molecule has 2 N–H and O–H groups in total. The minimum atomic E-state index is -0.330. The lowest BCUT2D eigenvalue weighted by atomic mass is 10.2. The molecule has 0 saturated carbocycles. The van der Waals surface area contributed by atoms with E-state index in [0.29, 0.717) is 11.5 Å². The van der Waals surface area contributed by atoms with Gasteiger partial charge in [-0.3, -0.25) is 9.59 Å². The molecule has 0 aliphatic rings. The van der Waals surface area contributed by atoms with Gasteiger partial charge in [-0.25, -0.2) is 0 Å². The van der Waals surface area contributed by atoms with Crippen LogP contribution in [0.3, 0.4) is 0 Å². The summed E-state index contributed by atoms with van der Waals surface area (Å²) in [6.07, 6.45) is 3.99. The highest BCUT2D eigenvalue weighted by molar-refractivity contribution is 8.76.